The highest BCUT2D eigenvalue weighted by atomic mass is 32.3. The highest BCUT2D eigenvalue weighted by molar-refractivity contribution is 7.80. The Morgan fingerprint density at radius 1 is 1.44 bits per heavy atom. The number of urea groups is 1. The third-order valence-corrected chi connectivity index (χ3v) is 5.36. The molecule has 0 aliphatic carbocycles. The van der Waals surface area contributed by atoms with Gasteiger partial charge in [-0.15, -0.1) is 4.28 Å². The zero-order valence-electron chi connectivity index (χ0n) is 14.4. The van der Waals surface area contributed by atoms with Gasteiger partial charge in [-0.3, -0.25) is 14.2 Å². The smallest absolute Gasteiger partial charge is 0.308 e. The minimum Gasteiger partial charge on any atom is -0.308 e. The maximum Gasteiger partial charge on any atom is 0.418 e. The van der Waals surface area contributed by atoms with Crippen LogP contribution in [0.2, 0.25) is 0 Å². The van der Waals surface area contributed by atoms with Crippen LogP contribution in [0.15, 0.2) is 0 Å². The SMILES string of the molecule is CN1CCCC1CONC(=O)C1CC(F)(F)C2CN1C(=O)N2OS(=O)(=O)O. The summed E-state index contributed by atoms with van der Waals surface area (Å²) >= 11 is 0. The molecule has 154 valence electrons. The molecule has 14 heteroatoms. The molecule has 0 saturated carbocycles. The van der Waals surface area contributed by atoms with Crippen LogP contribution in [-0.2, 0) is 24.3 Å². The molecule has 0 aromatic rings. The lowest BCUT2D eigenvalue weighted by atomic mass is 9.96. The zero-order chi connectivity index (χ0) is 20.0. The average molecular weight is 414 g/mol. The number of likely N-dealkylation sites (tertiary alicyclic amines) is 1. The lowest BCUT2D eigenvalue weighted by molar-refractivity contribution is -0.159. The van der Waals surface area contributed by atoms with E-state index in [1.807, 2.05) is 11.9 Å². The number of hydroxylamine groups is 3. The van der Waals surface area contributed by atoms with E-state index in [2.05, 4.69) is 9.76 Å². The summed E-state index contributed by atoms with van der Waals surface area (Å²) in [6, 6.07) is -4.68. The van der Waals surface area contributed by atoms with Crippen LogP contribution in [0, 0.1) is 0 Å². The Bertz CT molecular complexity index is 721. The summed E-state index contributed by atoms with van der Waals surface area (Å²) in [5.74, 6) is -4.56. The number of halogens is 2. The minimum absolute atomic E-state index is 0.0922. The molecule has 0 spiro atoms. The summed E-state index contributed by atoms with van der Waals surface area (Å²) < 4.78 is 62.9. The maximum absolute atomic E-state index is 14.3. The first kappa shape index (κ1) is 20.1. The van der Waals surface area contributed by atoms with E-state index in [0.717, 1.165) is 24.3 Å². The topological polar surface area (TPSA) is 129 Å². The number of alkyl halides is 2. The fraction of sp³-hybridized carbons (Fsp3) is 0.846. The van der Waals surface area contributed by atoms with Crippen molar-refractivity contribution in [1.29, 1.82) is 0 Å². The highest BCUT2D eigenvalue weighted by Gasteiger charge is 2.62. The molecule has 0 radical (unpaired) electrons. The molecule has 3 rings (SSSR count). The molecular formula is C13H20F2N4O7S. The van der Waals surface area contributed by atoms with E-state index in [-0.39, 0.29) is 17.7 Å². The third-order valence-electron chi connectivity index (χ3n) is 5.01. The molecule has 3 atom stereocenters. The van der Waals surface area contributed by atoms with Crippen molar-refractivity contribution in [2.45, 2.75) is 43.3 Å². The van der Waals surface area contributed by atoms with Gasteiger partial charge >= 0.3 is 16.4 Å². The summed E-state index contributed by atoms with van der Waals surface area (Å²) in [5.41, 5.74) is 2.08. The Labute approximate surface area is 154 Å². The van der Waals surface area contributed by atoms with Gasteiger partial charge in [-0.25, -0.2) is 19.1 Å². The van der Waals surface area contributed by atoms with Crippen molar-refractivity contribution in [3.63, 3.8) is 0 Å². The van der Waals surface area contributed by atoms with Crippen molar-refractivity contribution in [1.82, 2.24) is 20.3 Å². The van der Waals surface area contributed by atoms with Crippen LogP contribution in [0.4, 0.5) is 13.6 Å². The lowest BCUT2D eigenvalue weighted by Gasteiger charge is -2.34. The first-order chi connectivity index (χ1) is 12.5. The first-order valence-corrected chi connectivity index (χ1v) is 9.62. The second-order valence-electron chi connectivity index (χ2n) is 6.81. The number of nitrogens with zero attached hydrogens (tertiary/aromatic N) is 3. The van der Waals surface area contributed by atoms with Gasteiger partial charge in [-0.2, -0.15) is 13.5 Å². The number of hydrogen-bond acceptors (Lipinski definition) is 7. The van der Waals surface area contributed by atoms with E-state index in [1.54, 1.807) is 0 Å². The molecule has 3 amide bonds. The van der Waals surface area contributed by atoms with Gasteiger partial charge in [0, 0.05) is 12.5 Å². The maximum atomic E-state index is 14.3. The predicted molar refractivity (Wildman–Crippen MR) is 83.5 cm³/mol. The normalized spacial score (nSPS) is 30.8. The minimum atomic E-state index is -5.18. The summed E-state index contributed by atoms with van der Waals surface area (Å²) in [7, 11) is -3.28. The number of nitrogens with one attached hydrogen (secondary N) is 1. The number of likely N-dealkylation sites (N-methyl/N-ethyl adjacent to an activating group) is 1. The average Bonchev–Trinajstić information content (AvgIpc) is 3.07. The first-order valence-electron chi connectivity index (χ1n) is 8.26. The summed E-state index contributed by atoms with van der Waals surface area (Å²) in [4.78, 5) is 32.4. The largest absolute Gasteiger partial charge is 0.418 e. The Kier molecular flexibility index (Phi) is 5.28. The molecule has 3 fully saturated rings. The number of carbonyl (C=O) groups excluding carboxylic acids is 2. The monoisotopic (exact) mass is 414 g/mol. The lowest BCUT2D eigenvalue weighted by Crippen LogP contribution is -2.56. The van der Waals surface area contributed by atoms with Crippen molar-refractivity contribution < 1.29 is 40.5 Å². The Morgan fingerprint density at radius 2 is 2.15 bits per heavy atom. The molecule has 0 aromatic heterocycles. The zero-order valence-corrected chi connectivity index (χ0v) is 15.2. The standard InChI is InChI=1S/C13H20F2N4O7S/c1-17-4-2-3-8(17)7-25-16-11(20)9-5-13(14,15)10-6-18(9)12(21)19(10)26-27(22,23)24/h8-10H,2-7H2,1H3,(H,16,20)(H,22,23,24). The van der Waals surface area contributed by atoms with Gasteiger partial charge in [0.15, 0.2) is 0 Å². The second kappa shape index (κ2) is 7.09. The molecule has 27 heavy (non-hydrogen) atoms. The molecule has 11 nitrogen and oxygen atoms in total. The number of hydrogen-bond donors (Lipinski definition) is 2. The fourth-order valence-corrected chi connectivity index (χ4v) is 3.93. The number of amides is 3. The van der Waals surface area contributed by atoms with Crippen molar-refractivity contribution in [2.24, 2.45) is 0 Å². The third kappa shape index (κ3) is 4.13. The van der Waals surface area contributed by atoms with Gasteiger partial charge in [-0.05, 0) is 26.4 Å². The molecule has 3 aliphatic heterocycles. The van der Waals surface area contributed by atoms with E-state index in [4.69, 9.17) is 9.39 Å². The van der Waals surface area contributed by atoms with E-state index < -0.39 is 53.3 Å². The van der Waals surface area contributed by atoms with Crippen molar-refractivity contribution >= 4 is 22.3 Å². The van der Waals surface area contributed by atoms with E-state index in [0.29, 0.717) is 0 Å². The molecular weight excluding hydrogens is 394 g/mol. The van der Waals surface area contributed by atoms with Crippen LogP contribution >= 0.6 is 0 Å². The van der Waals surface area contributed by atoms with Gasteiger partial charge in [0.2, 0.25) is 0 Å². The Balaban J connectivity index is 1.64. The van der Waals surface area contributed by atoms with Gasteiger partial charge in [0.1, 0.15) is 12.1 Å². The van der Waals surface area contributed by atoms with E-state index in [9.17, 15) is 26.8 Å². The Morgan fingerprint density at radius 3 is 2.74 bits per heavy atom. The quantitative estimate of drug-likeness (QED) is 0.435. The molecule has 2 N–H and O–H groups in total. The molecule has 3 aliphatic rings. The van der Waals surface area contributed by atoms with Crippen molar-refractivity contribution in [2.75, 3.05) is 26.7 Å². The molecule has 0 aromatic carbocycles. The molecule has 3 heterocycles. The molecule has 2 bridgehead atoms. The van der Waals surface area contributed by atoms with Gasteiger partial charge < -0.3 is 9.80 Å². The van der Waals surface area contributed by atoms with Gasteiger partial charge in [-0.1, -0.05) is 0 Å². The highest BCUT2D eigenvalue weighted by Crippen LogP contribution is 2.41. The van der Waals surface area contributed by atoms with Crippen molar-refractivity contribution in [3.8, 4) is 0 Å². The van der Waals surface area contributed by atoms with Gasteiger partial charge in [0.25, 0.3) is 11.8 Å². The van der Waals surface area contributed by atoms with Crippen LogP contribution in [0.1, 0.15) is 19.3 Å². The second-order valence-corrected chi connectivity index (χ2v) is 7.82. The molecule has 3 unspecified atom stereocenters. The number of rotatable bonds is 6. The summed E-state index contributed by atoms with van der Waals surface area (Å²) in [5, 5.41) is -0.114. The van der Waals surface area contributed by atoms with E-state index in [1.165, 1.54) is 0 Å². The number of carbonyl (C=O) groups is 2. The van der Waals surface area contributed by atoms with Crippen molar-refractivity contribution in [3.05, 3.63) is 0 Å². The van der Waals surface area contributed by atoms with Crippen LogP contribution in [0.3, 0.4) is 0 Å². The van der Waals surface area contributed by atoms with Gasteiger partial charge in [0.05, 0.1) is 13.2 Å². The summed E-state index contributed by atoms with van der Waals surface area (Å²) in [6.07, 6.45) is 0.829. The molecule has 3 saturated heterocycles. The van der Waals surface area contributed by atoms with Crippen LogP contribution < -0.4 is 5.48 Å². The Hall–Kier alpha value is -1.61. The fourth-order valence-electron chi connectivity index (χ4n) is 3.55. The number of fused-ring (bicyclic) bond motifs is 2. The van der Waals surface area contributed by atoms with Crippen LogP contribution in [0.25, 0.3) is 0 Å². The van der Waals surface area contributed by atoms with Crippen LogP contribution in [0.5, 0.6) is 0 Å². The number of piperidine rings is 1. The van der Waals surface area contributed by atoms with E-state index >= 15 is 0 Å². The summed E-state index contributed by atoms with van der Waals surface area (Å²) in [6.45, 7) is 0.425. The van der Waals surface area contributed by atoms with Crippen LogP contribution in [-0.4, -0.2) is 90.6 Å². The predicted octanol–water partition coefficient (Wildman–Crippen LogP) is -0.623.